The Morgan fingerprint density at radius 1 is 1.03 bits per heavy atom. The number of anilines is 2. The smallest absolute Gasteiger partial charge is 0.417 e. The summed E-state index contributed by atoms with van der Waals surface area (Å²) in [6.07, 6.45) is -5.19. The Balaban J connectivity index is 0.942. The third-order valence-electron chi connectivity index (χ3n) is 11.3. The highest BCUT2D eigenvalue weighted by molar-refractivity contribution is 7.81. The Labute approximate surface area is 390 Å². The third kappa shape index (κ3) is 11.2. The average Bonchev–Trinajstić information content (AvgIpc) is 3.93. The number of halogens is 3. The van der Waals surface area contributed by atoms with E-state index >= 15 is 0 Å². The van der Waals surface area contributed by atoms with Crippen LogP contribution >= 0.6 is 23.6 Å². The van der Waals surface area contributed by atoms with Gasteiger partial charge in [0, 0.05) is 44.6 Å². The second-order valence-electron chi connectivity index (χ2n) is 17.7. The Morgan fingerprint density at radius 2 is 1.71 bits per heavy atom. The number of carbonyl (C=O) groups is 4. The van der Waals surface area contributed by atoms with Crippen LogP contribution in [0.25, 0.3) is 10.4 Å². The van der Waals surface area contributed by atoms with Gasteiger partial charge in [-0.3, -0.25) is 24.1 Å². The predicted octanol–water partition coefficient (Wildman–Crippen LogP) is 6.91. The molecule has 0 spiro atoms. The van der Waals surface area contributed by atoms with Crippen molar-refractivity contribution in [2.45, 2.75) is 97.3 Å². The second kappa shape index (κ2) is 20.3. The van der Waals surface area contributed by atoms with Gasteiger partial charge in [-0.25, -0.2) is 4.98 Å². The molecule has 19 heteroatoms. The van der Waals surface area contributed by atoms with Crippen molar-refractivity contribution in [2.24, 2.45) is 5.41 Å². The lowest BCUT2D eigenvalue weighted by molar-refractivity contribution is -0.144. The highest BCUT2D eigenvalue weighted by Crippen LogP contribution is 2.40. The Hall–Kier alpha value is -5.94. The molecule has 6 rings (SSSR count). The molecule has 4 amide bonds. The average molecular weight is 948 g/mol. The molecule has 2 saturated heterocycles. The molecule has 0 saturated carbocycles. The van der Waals surface area contributed by atoms with Gasteiger partial charge in [0.05, 0.1) is 58.3 Å². The fourth-order valence-corrected chi connectivity index (χ4v) is 9.12. The highest BCUT2D eigenvalue weighted by Gasteiger charge is 2.51. The number of thiazole rings is 1. The molecular formula is C47H52F3N7O7S2. The van der Waals surface area contributed by atoms with Gasteiger partial charge in [-0.1, -0.05) is 45.0 Å². The van der Waals surface area contributed by atoms with Crippen LogP contribution in [0.1, 0.15) is 76.3 Å². The maximum atomic E-state index is 14.0. The van der Waals surface area contributed by atoms with Gasteiger partial charge < -0.3 is 35.0 Å². The molecule has 3 aromatic carbocycles. The van der Waals surface area contributed by atoms with Gasteiger partial charge in [-0.2, -0.15) is 18.4 Å². The number of alkyl halides is 3. The number of aliphatic hydroxyl groups is 1. The number of carbonyl (C=O) groups excluding carboxylic acids is 4. The molecule has 66 heavy (non-hydrogen) atoms. The summed E-state index contributed by atoms with van der Waals surface area (Å²) in [5.74, 6) is -1.31. The van der Waals surface area contributed by atoms with E-state index in [2.05, 4.69) is 15.6 Å². The standard InChI is InChI=1S/C47H52F3N7O7S2/c1-28-39(66-27-53-28)30-10-8-29(9-11-30)25-52-41(60)37-23-34(58)26-55(37)42(61)40(45(2,3)4)54-38(59)18-21-63-19-7-20-64-35-16-14-32(15-17-35)57-44(65)56(43(62)46(57,5)6)33-13-12-31(24-51)36(22-33)47(48,49)50/h8-17,22,27,34,37,40,58H,7,18-21,23,25-26H2,1-6H3,(H,52,60)(H,54,59)/t34-,37+,40-/m1/s1. The molecule has 1 aromatic heterocycles. The van der Waals surface area contributed by atoms with Gasteiger partial charge in [-0.15, -0.1) is 11.3 Å². The van der Waals surface area contributed by atoms with E-state index in [1.165, 1.54) is 17.0 Å². The number of nitrogens with zero attached hydrogens (tertiary/aromatic N) is 5. The molecule has 4 aromatic rings. The summed E-state index contributed by atoms with van der Waals surface area (Å²) in [5, 5.41) is 25.5. The number of ether oxygens (including phenoxy) is 2. The van der Waals surface area contributed by atoms with E-state index in [4.69, 9.17) is 21.7 Å². The number of aliphatic hydroxyl groups excluding tert-OH is 1. The van der Waals surface area contributed by atoms with Crippen molar-refractivity contribution in [2.75, 3.05) is 36.2 Å². The fraction of sp³-hybridized carbons (Fsp3) is 0.426. The van der Waals surface area contributed by atoms with Crippen molar-refractivity contribution in [3.63, 3.8) is 0 Å². The summed E-state index contributed by atoms with van der Waals surface area (Å²) >= 11 is 7.17. The first-order valence-electron chi connectivity index (χ1n) is 21.3. The van der Waals surface area contributed by atoms with Crippen molar-refractivity contribution in [3.05, 3.63) is 94.6 Å². The minimum absolute atomic E-state index is 0.0279. The number of thiocarbonyl (C=S) groups is 1. The van der Waals surface area contributed by atoms with Gasteiger partial charge in [-0.05, 0) is 92.0 Å². The summed E-state index contributed by atoms with van der Waals surface area (Å²) in [6, 6.07) is 17.2. The number of aryl methyl sites for hydroxylation is 1. The number of benzene rings is 3. The van der Waals surface area contributed by atoms with Crippen LogP contribution < -0.4 is 25.2 Å². The number of hydrogen-bond acceptors (Lipinski definition) is 11. The van der Waals surface area contributed by atoms with E-state index in [1.54, 1.807) is 59.9 Å². The third-order valence-corrected chi connectivity index (χ3v) is 12.7. The zero-order valence-corrected chi connectivity index (χ0v) is 39.0. The van der Waals surface area contributed by atoms with E-state index in [1.807, 2.05) is 52.0 Å². The number of β-amino-alcohol motifs (C(OH)–C–C–N with tert-alkyl or cyclic N) is 1. The van der Waals surface area contributed by atoms with Crippen LogP contribution in [0.15, 0.2) is 72.2 Å². The lowest BCUT2D eigenvalue weighted by atomic mass is 9.85. The van der Waals surface area contributed by atoms with E-state index in [0.29, 0.717) is 17.9 Å². The van der Waals surface area contributed by atoms with Gasteiger partial charge in [0.15, 0.2) is 5.11 Å². The summed E-state index contributed by atoms with van der Waals surface area (Å²) in [6.45, 7) is 11.4. The van der Waals surface area contributed by atoms with Crippen molar-refractivity contribution in [1.29, 1.82) is 5.26 Å². The maximum absolute atomic E-state index is 14.0. The molecule has 2 aliphatic rings. The quantitative estimate of drug-likeness (QED) is 0.0786. The summed E-state index contributed by atoms with van der Waals surface area (Å²) in [4.78, 5) is 63.4. The lowest BCUT2D eigenvalue weighted by Gasteiger charge is -2.35. The number of likely N-dealkylation sites (tertiary alicyclic amines) is 1. The van der Waals surface area contributed by atoms with E-state index in [9.17, 15) is 42.7 Å². The van der Waals surface area contributed by atoms with Crippen LogP contribution in [0.5, 0.6) is 5.75 Å². The van der Waals surface area contributed by atoms with Crippen LogP contribution in [-0.4, -0.2) is 93.8 Å². The summed E-state index contributed by atoms with van der Waals surface area (Å²) in [7, 11) is 0. The van der Waals surface area contributed by atoms with Crippen LogP contribution in [-0.2, 0) is 36.6 Å². The number of amides is 4. The van der Waals surface area contributed by atoms with Crippen LogP contribution in [0, 0.1) is 23.7 Å². The molecule has 3 N–H and O–H groups in total. The molecule has 14 nitrogen and oxygen atoms in total. The first kappa shape index (κ1) is 49.5. The van der Waals surface area contributed by atoms with Crippen molar-refractivity contribution in [1.82, 2.24) is 20.5 Å². The van der Waals surface area contributed by atoms with E-state index < -0.39 is 70.1 Å². The number of nitrogens with one attached hydrogen (secondary N) is 2. The molecule has 3 heterocycles. The Kier molecular flexibility index (Phi) is 15.2. The van der Waals surface area contributed by atoms with Crippen molar-refractivity contribution >= 4 is 63.7 Å². The molecule has 0 bridgehead atoms. The van der Waals surface area contributed by atoms with Gasteiger partial charge in [0.25, 0.3) is 5.91 Å². The SMILES string of the molecule is Cc1ncsc1-c1ccc(CNC(=O)[C@@H]2C[C@@H](O)CN2C(=O)[C@@H](NC(=O)CCOCCCOc2ccc(N3C(=S)N(c4ccc(C#N)c(C(F)(F)F)c4)C(=O)C3(C)C)cc2)C(C)(C)C)cc1. The van der Waals surface area contributed by atoms with Crippen molar-refractivity contribution < 1.29 is 46.9 Å². The molecule has 0 aliphatic carbocycles. The lowest BCUT2D eigenvalue weighted by Crippen LogP contribution is -2.57. The van der Waals surface area contributed by atoms with Crippen LogP contribution in [0.3, 0.4) is 0 Å². The van der Waals surface area contributed by atoms with Crippen LogP contribution in [0.2, 0.25) is 0 Å². The molecule has 0 radical (unpaired) electrons. The summed E-state index contributed by atoms with van der Waals surface area (Å²) < 4.78 is 52.7. The number of hydrogen-bond donors (Lipinski definition) is 3. The van der Waals surface area contributed by atoms with Crippen LogP contribution in [0.4, 0.5) is 24.5 Å². The molecule has 0 unspecified atom stereocenters. The topological polar surface area (TPSA) is 177 Å². The van der Waals surface area contributed by atoms with Crippen molar-refractivity contribution in [3.8, 4) is 22.3 Å². The first-order chi connectivity index (χ1) is 31.1. The molecule has 350 valence electrons. The first-order valence-corrected chi connectivity index (χ1v) is 22.6. The number of rotatable bonds is 16. The largest absolute Gasteiger partial charge is 0.494 e. The second-order valence-corrected chi connectivity index (χ2v) is 18.9. The van der Waals surface area contributed by atoms with Gasteiger partial charge >= 0.3 is 6.18 Å². The van der Waals surface area contributed by atoms with Gasteiger partial charge in [0.1, 0.15) is 23.4 Å². The van der Waals surface area contributed by atoms with E-state index in [-0.39, 0.29) is 56.6 Å². The predicted molar refractivity (Wildman–Crippen MR) is 246 cm³/mol. The summed E-state index contributed by atoms with van der Waals surface area (Å²) in [5.41, 5.74) is 1.34. The fourth-order valence-electron chi connectivity index (χ4n) is 7.78. The normalized spacial score (nSPS) is 17.7. The Bertz CT molecular complexity index is 2480. The zero-order chi connectivity index (χ0) is 48.1. The Morgan fingerprint density at radius 3 is 2.33 bits per heavy atom. The van der Waals surface area contributed by atoms with Gasteiger partial charge in [0.2, 0.25) is 17.7 Å². The monoisotopic (exact) mass is 947 g/mol. The number of aromatic nitrogens is 1. The van der Waals surface area contributed by atoms with E-state index in [0.717, 1.165) is 38.7 Å². The molecule has 3 atom stereocenters. The molecule has 2 aliphatic heterocycles. The highest BCUT2D eigenvalue weighted by atomic mass is 32.1. The zero-order valence-electron chi connectivity index (χ0n) is 37.4. The molecule has 2 fully saturated rings. The number of nitriles is 1. The minimum atomic E-state index is -4.81. The molecular weight excluding hydrogens is 896 g/mol. The minimum Gasteiger partial charge on any atom is -0.494 e. The maximum Gasteiger partial charge on any atom is 0.417 e.